The van der Waals surface area contributed by atoms with E-state index < -0.39 is 6.10 Å². The third-order valence-electron chi connectivity index (χ3n) is 4.05. The second-order valence-electron chi connectivity index (χ2n) is 5.53. The summed E-state index contributed by atoms with van der Waals surface area (Å²) < 4.78 is 15.2. The highest BCUT2D eigenvalue weighted by Gasteiger charge is 2.33. The van der Waals surface area contributed by atoms with Gasteiger partial charge in [0.15, 0.2) is 5.65 Å². The number of β-amino-alcohol motifs (C(OH)–C–C–N with tert-alkyl or cyclic N) is 1. The number of hydrogen-bond acceptors (Lipinski definition) is 4. The van der Waals surface area contributed by atoms with Crippen LogP contribution in [0, 0.1) is 5.82 Å². The van der Waals surface area contributed by atoms with Gasteiger partial charge in [-0.2, -0.15) is 5.10 Å². The fourth-order valence-electron chi connectivity index (χ4n) is 3.06. The summed E-state index contributed by atoms with van der Waals surface area (Å²) in [5, 5.41) is 14.2. The van der Waals surface area contributed by atoms with Crippen LogP contribution in [-0.2, 0) is 0 Å². The fraction of sp³-hybridized carbons (Fsp3) is 0.250. The number of rotatable bonds is 2. The van der Waals surface area contributed by atoms with E-state index >= 15 is 0 Å². The maximum atomic E-state index is 13.5. The van der Waals surface area contributed by atoms with E-state index in [2.05, 4.69) is 10.1 Å². The van der Waals surface area contributed by atoms with Crippen LogP contribution in [0.4, 0.5) is 10.2 Å². The Hall–Kier alpha value is -2.47. The summed E-state index contributed by atoms with van der Waals surface area (Å²) in [6, 6.07) is 10.1. The van der Waals surface area contributed by atoms with Crippen LogP contribution < -0.4 is 4.90 Å². The van der Waals surface area contributed by atoms with Crippen LogP contribution in [0.1, 0.15) is 18.0 Å². The number of aromatic nitrogens is 3. The van der Waals surface area contributed by atoms with Crippen molar-refractivity contribution in [1.29, 1.82) is 0 Å². The molecule has 1 aliphatic rings. The minimum absolute atomic E-state index is 0.0800. The standard InChI is InChI=1S/C16H15FN4O/c17-12-3-1-2-11(8-12)14-9-13(22)10-20(14)15-5-7-21-16(19-15)4-6-18-21/h1-8,13-14,22H,9-10H2/t13-,14+/m0/s1. The monoisotopic (exact) mass is 298 g/mol. The van der Waals surface area contributed by atoms with Crippen LogP contribution in [-0.4, -0.2) is 32.4 Å². The van der Waals surface area contributed by atoms with E-state index in [4.69, 9.17) is 0 Å². The first-order valence-electron chi connectivity index (χ1n) is 7.21. The molecule has 0 saturated carbocycles. The molecule has 1 aliphatic heterocycles. The molecule has 0 radical (unpaired) electrons. The molecule has 2 aromatic heterocycles. The van der Waals surface area contributed by atoms with Crippen LogP contribution in [0.2, 0.25) is 0 Å². The maximum Gasteiger partial charge on any atom is 0.157 e. The lowest BCUT2D eigenvalue weighted by Gasteiger charge is -2.25. The number of anilines is 1. The second-order valence-corrected chi connectivity index (χ2v) is 5.53. The van der Waals surface area contributed by atoms with Crippen molar-refractivity contribution >= 4 is 11.5 Å². The number of halogens is 1. The van der Waals surface area contributed by atoms with E-state index in [0.29, 0.717) is 13.0 Å². The number of fused-ring (bicyclic) bond motifs is 1. The maximum absolute atomic E-state index is 13.5. The van der Waals surface area contributed by atoms with Crippen molar-refractivity contribution in [2.75, 3.05) is 11.4 Å². The van der Waals surface area contributed by atoms with Gasteiger partial charge in [-0.3, -0.25) is 0 Å². The predicted molar refractivity (Wildman–Crippen MR) is 80.1 cm³/mol. The summed E-state index contributed by atoms with van der Waals surface area (Å²) in [4.78, 5) is 6.59. The normalized spacial score (nSPS) is 21.6. The zero-order valence-corrected chi connectivity index (χ0v) is 11.8. The molecule has 0 bridgehead atoms. The van der Waals surface area contributed by atoms with Gasteiger partial charge in [0.05, 0.1) is 18.3 Å². The van der Waals surface area contributed by atoms with Gasteiger partial charge in [0.2, 0.25) is 0 Å². The largest absolute Gasteiger partial charge is 0.391 e. The first-order chi connectivity index (χ1) is 10.7. The smallest absolute Gasteiger partial charge is 0.157 e. The Morgan fingerprint density at radius 2 is 2.14 bits per heavy atom. The molecule has 22 heavy (non-hydrogen) atoms. The lowest BCUT2D eigenvalue weighted by Crippen LogP contribution is -2.25. The molecule has 1 fully saturated rings. The molecular formula is C16H15FN4O. The van der Waals surface area contributed by atoms with Crippen LogP contribution in [0.5, 0.6) is 0 Å². The summed E-state index contributed by atoms with van der Waals surface area (Å²) in [7, 11) is 0. The van der Waals surface area contributed by atoms with Crippen molar-refractivity contribution in [3.8, 4) is 0 Å². The summed E-state index contributed by atoms with van der Waals surface area (Å²) in [5.74, 6) is 0.497. The van der Waals surface area contributed by atoms with Gasteiger partial charge >= 0.3 is 0 Å². The lowest BCUT2D eigenvalue weighted by molar-refractivity contribution is 0.194. The highest BCUT2D eigenvalue weighted by Crippen LogP contribution is 2.35. The molecule has 0 amide bonds. The van der Waals surface area contributed by atoms with Crippen molar-refractivity contribution in [2.24, 2.45) is 0 Å². The Morgan fingerprint density at radius 3 is 3.00 bits per heavy atom. The summed E-state index contributed by atoms with van der Waals surface area (Å²) >= 11 is 0. The van der Waals surface area contributed by atoms with E-state index in [-0.39, 0.29) is 11.9 Å². The van der Waals surface area contributed by atoms with Crippen molar-refractivity contribution in [1.82, 2.24) is 14.6 Å². The van der Waals surface area contributed by atoms with Crippen LogP contribution >= 0.6 is 0 Å². The van der Waals surface area contributed by atoms with Gasteiger partial charge in [-0.15, -0.1) is 0 Å². The van der Waals surface area contributed by atoms with Gasteiger partial charge in [-0.1, -0.05) is 12.1 Å². The first kappa shape index (κ1) is 13.2. The molecule has 1 saturated heterocycles. The molecule has 0 unspecified atom stereocenters. The molecule has 0 aliphatic carbocycles. The van der Waals surface area contributed by atoms with Gasteiger partial charge in [-0.05, 0) is 30.2 Å². The lowest BCUT2D eigenvalue weighted by atomic mass is 10.0. The molecule has 4 rings (SSSR count). The molecule has 2 atom stereocenters. The number of hydrogen-bond donors (Lipinski definition) is 1. The van der Waals surface area contributed by atoms with Crippen LogP contribution in [0.25, 0.3) is 5.65 Å². The minimum Gasteiger partial charge on any atom is -0.391 e. The van der Waals surface area contributed by atoms with Crippen LogP contribution in [0.3, 0.4) is 0 Å². The summed E-state index contributed by atoms with van der Waals surface area (Å²) in [6.45, 7) is 0.485. The predicted octanol–water partition coefficient (Wildman–Crippen LogP) is 2.18. The van der Waals surface area contributed by atoms with E-state index in [0.717, 1.165) is 17.0 Å². The third kappa shape index (κ3) is 2.21. The Kier molecular flexibility index (Phi) is 3.04. The average Bonchev–Trinajstić information content (AvgIpc) is 3.12. The molecule has 3 heterocycles. The van der Waals surface area contributed by atoms with Gasteiger partial charge in [0.25, 0.3) is 0 Å². The SMILES string of the molecule is O[C@H]1C[C@H](c2cccc(F)c2)N(c2ccn3nccc3n2)C1. The van der Waals surface area contributed by atoms with E-state index in [9.17, 15) is 9.50 Å². The Labute approximate surface area is 126 Å². The first-order valence-corrected chi connectivity index (χ1v) is 7.21. The Bertz CT molecular complexity index is 819. The van der Waals surface area contributed by atoms with Crippen LogP contribution in [0.15, 0.2) is 48.8 Å². The van der Waals surface area contributed by atoms with Gasteiger partial charge < -0.3 is 10.0 Å². The summed E-state index contributed by atoms with van der Waals surface area (Å²) in [5.41, 5.74) is 1.60. The highest BCUT2D eigenvalue weighted by atomic mass is 19.1. The number of aliphatic hydroxyl groups excluding tert-OH is 1. The zero-order valence-electron chi connectivity index (χ0n) is 11.8. The van der Waals surface area contributed by atoms with Crippen molar-refractivity contribution in [3.63, 3.8) is 0 Å². The van der Waals surface area contributed by atoms with Gasteiger partial charge in [-0.25, -0.2) is 13.9 Å². The van der Waals surface area contributed by atoms with E-state index in [1.807, 2.05) is 29.3 Å². The molecule has 112 valence electrons. The van der Waals surface area contributed by atoms with E-state index in [1.54, 1.807) is 16.8 Å². The number of nitrogens with zero attached hydrogens (tertiary/aromatic N) is 4. The highest BCUT2D eigenvalue weighted by molar-refractivity contribution is 5.50. The zero-order chi connectivity index (χ0) is 15.1. The topological polar surface area (TPSA) is 53.7 Å². The molecule has 6 heteroatoms. The van der Waals surface area contributed by atoms with E-state index in [1.165, 1.54) is 12.1 Å². The molecule has 3 aromatic rings. The number of aliphatic hydroxyl groups is 1. The van der Waals surface area contributed by atoms with Crippen molar-refractivity contribution in [2.45, 2.75) is 18.6 Å². The molecule has 1 N–H and O–H groups in total. The van der Waals surface area contributed by atoms with Crippen molar-refractivity contribution < 1.29 is 9.50 Å². The second kappa shape index (κ2) is 5.06. The summed E-state index contributed by atoms with van der Waals surface area (Å²) in [6.07, 6.45) is 3.64. The average molecular weight is 298 g/mol. The molecule has 5 nitrogen and oxygen atoms in total. The molecule has 0 spiro atoms. The number of benzene rings is 1. The van der Waals surface area contributed by atoms with Crippen molar-refractivity contribution in [3.05, 3.63) is 60.2 Å². The van der Waals surface area contributed by atoms with Gasteiger partial charge in [0.1, 0.15) is 11.6 Å². The fourth-order valence-corrected chi connectivity index (χ4v) is 3.06. The minimum atomic E-state index is -0.448. The molecule has 1 aromatic carbocycles. The van der Waals surface area contributed by atoms with Gasteiger partial charge in [0, 0.05) is 18.8 Å². The Morgan fingerprint density at radius 1 is 1.23 bits per heavy atom. The quantitative estimate of drug-likeness (QED) is 0.788. The third-order valence-corrected chi connectivity index (χ3v) is 4.05. The molecular weight excluding hydrogens is 283 g/mol. The Balaban J connectivity index is 1.74.